The number of aryl methyl sites for hydroxylation is 1. The van der Waals surface area contributed by atoms with Crippen LogP contribution in [0.1, 0.15) is 55.2 Å². The second kappa shape index (κ2) is 8.61. The molecule has 0 aliphatic heterocycles. The number of Topliss-reactive ketones (excluding diaryl/α,β-unsaturated/α-hetero) is 1. The van der Waals surface area contributed by atoms with Crippen LogP contribution >= 0.6 is 0 Å². The summed E-state index contributed by atoms with van der Waals surface area (Å²) in [6.07, 6.45) is 0. The van der Waals surface area contributed by atoms with Crippen LogP contribution in [-0.4, -0.2) is 21.7 Å². The summed E-state index contributed by atoms with van der Waals surface area (Å²) in [5, 5.41) is 2.97. The largest absolute Gasteiger partial charge is 0.349 e. The Labute approximate surface area is 163 Å². The normalized spacial score (nSPS) is 13.7. The molecule has 0 aliphatic carbocycles. The van der Waals surface area contributed by atoms with Crippen LogP contribution in [0.2, 0.25) is 0 Å². The molecule has 0 unspecified atom stereocenters. The summed E-state index contributed by atoms with van der Waals surface area (Å²) in [7, 11) is -1.49. The van der Waals surface area contributed by atoms with E-state index in [1.54, 1.807) is 24.3 Å². The number of ketones is 1. The van der Waals surface area contributed by atoms with Crippen LogP contribution in [0, 0.1) is 12.3 Å². The Bertz CT molecular complexity index is 868. The lowest BCUT2D eigenvalue weighted by molar-refractivity contribution is -0.129. The first-order chi connectivity index (χ1) is 12.6. The highest BCUT2D eigenvalue weighted by molar-refractivity contribution is 7.85. The van der Waals surface area contributed by atoms with E-state index < -0.39 is 16.2 Å². The van der Waals surface area contributed by atoms with Gasteiger partial charge in [-0.15, -0.1) is 0 Å². The second-order valence-corrected chi connectivity index (χ2v) is 9.13. The molecule has 2 aromatic rings. The zero-order valence-corrected chi connectivity index (χ0v) is 17.4. The van der Waals surface area contributed by atoms with Crippen LogP contribution in [0.5, 0.6) is 0 Å². The van der Waals surface area contributed by atoms with E-state index in [0.717, 1.165) is 11.1 Å². The number of amides is 1. The molecule has 0 bridgehead atoms. The number of carbonyl (C=O) groups is 2. The fourth-order valence-electron chi connectivity index (χ4n) is 2.70. The van der Waals surface area contributed by atoms with Gasteiger partial charge in [0.25, 0.3) is 0 Å². The molecule has 2 atom stereocenters. The number of hydrogen-bond acceptors (Lipinski definition) is 3. The minimum absolute atomic E-state index is 0.0772. The first kappa shape index (κ1) is 21.0. The molecule has 27 heavy (non-hydrogen) atoms. The van der Waals surface area contributed by atoms with E-state index in [0.29, 0.717) is 10.5 Å². The molecule has 5 heteroatoms. The van der Waals surface area contributed by atoms with Gasteiger partial charge < -0.3 is 5.32 Å². The highest BCUT2D eigenvalue weighted by Gasteiger charge is 2.25. The number of carbonyl (C=O) groups excluding carboxylic acids is 2. The average Bonchev–Trinajstić information content (AvgIpc) is 2.61. The first-order valence-corrected chi connectivity index (χ1v) is 10.3. The van der Waals surface area contributed by atoms with Crippen LogP contribution in [0.3, 0.4) is 0 Å². The summed E-state index contributed by atoms with van der Waals surface area (Å²) in [4.78, 5) is 25.4. The molecule has 144 valence electrons. The van der Waals surface area contributed by atoms with Crippen LogP contribution in [-0.2, 0) is 15.6 Å². The molecule has 2 aromatic carbocycles. The number of benzene rings is 2. The van der Waals surface area contributed by atoms with Gasteiger partial charge in [0.1, 0.15) is 0 Å². The Morgan fingerprint density at radius 1 is 1.04 bits per heavy atom. The maximum absolute atomic E-state index is 12.9. The number of rotatable bonds is 6. The first-order valence-electron chi connectivity index (χ1n) is 8.98. The highest BCUT2D eigenvalue weighted by Crippen LogP contribution is 2.24. The van der Waals surface area contributed by atoms with Gasteiger partial charge in [-0.05, 0) is 31.0 Å². The number of hydrogen-bond donors (Lipinski definition) is 1. The molecule has 0 aromatic heterocycles. The Morgan fingerprint density at radius 2 is 1.63 bits per heavy atom. The van der Waals surface area contributed by atoms with Crippen molar-refractivity contribution in [2.45, 2.75) is 45.6 Å². The van der Waals surface area contributed by atoms with E-state index in [9.17, 15) is 13.8 Å². The van der Waals surface area contributed by atoms with Gasteiger partial charge in [-0.25, -0.2) is 0 Å². The Kier molecular flexibility index (Phi) is 6.71. The van der Waals surface area contributed by atoms with Crippen LogP contribution in [0.4, 0.5) is 0 Å². The van der Waals surface area contributed by atoms with Crippen molar-refractivity contribution in [2.75, 3.05) is 5.75 Å². The van der Waals surface area contributed by atoms with Gasteiger partial charge in [-0.3, -0.25) is 13.8 Å². The van der Waals surface area contributed by atoms with Gasteiger partial charge in [0.15, 0.2) is 5.78 Å². The smallest absolute Gasteiger partial charge is 0.225 e. The molecule has 1 N–H and O–H groups in total. The molecule has 0 saturated carbocycles. The molecular formula is C22H27NO3S. The number of nitrogens with one attached hydrogen (secondary N) is 1. The van der Waals surface area contributed by atoms with Gasteiger partial charge >= 0.3 is 0 Å². The van der Waals surface area contributed by atoms with Crippen molar-refractivity contribution in [1.29, 1.82) is 0 Å². The summed E-state index contributed by atoms with van der Waals surface area (Å²) >= 11 is 0. The molecule has 0 spiro atoms. The summed E-state index contributed by atoms with van der Waals surface area (Å²) in [6.45, 7) is 9.27. The van der Waals surface area contributed by atoms with E-state index in [1.165, 1.54) is 0 Å². The molecular weight excluding hydrogens is 358 g/mol. The third-order valence-corrected chi connectivity index (χ3v) is 5.75. The lowest BCUT2D eigenvalue weighted by Crippen LogP contribution is -2.36. The van der Waals surface area contributed by atoms with Gasteiger partial charge in [0, 0.05) is 15.9 Å². The lowest BCUT2D eigenvalue weighted by Gasteiger charge is -2.23. The Morgan fingerprint density at radius 3 is 2.26 bits per heavy atom. The maximum Gasteiger partial charge on any atom is 0.225 e. The van der Waals surface area contributed by atoms with Crippen molar-refractivity contribution in [3.05, 3.63) is 65.2 Å². The second-order valence-electron chi connectivity index (χ2n) is 7.71. The third kappa shape index (κ3) is 5.36. The Balaban J connectivity index is 2.21. The van der Waals surface area contributed by atoms with E-state index in [-0.39, 0.29) is 23.5 Å². The van der Waals surface area contributed by atoms with E-state index in [4.69, 9.17) is 0 Å². The van der Waals surface area contributed by atoms with Crippen molar-refractivity contribution in [3.63, 3.8) is 0 Å². The summed E-state index contributed by atoms with van der Waals surface area (Å²) in [5.74, 6) is -0.305. The van der Waals surface area contributed by atoms with Gasteiger partial charge in [-0.1, -0.05) is 63.2 Å². The molecule has 0 fully saturated rings. The lowest BCUT2D eigenvalue weighted by atomic mass is 9.94. The van der Waals surface area contributed by atoms with Crippen molar-refractivity contribution < 1.29 is 13.8 Å². The minimum Gasteiger partial charge on any atom is -0.349 e. The predicted molar refractivity (Wildman–Crippen MR) is 109 cm³/mol. The molecule has 2 rings (SSSR count). The van der Waals surface area contributed by atoms with Crippen molar-refractivity contribution >= 4 is 22.5 Å². The molecule has 1 amide bonds. The molecule has 0 heterocycles. The SMILES string of the molecule is Cc1ccccc1C(=O)C[S@](=O)c1ccccc1[C@@H](C)NC(=O)C(C)(C)C. The quantitative estimate of drug-likeness (QED) is 0.758. The maximum atomic E-state index is 12.9. The average molecular weight is 386 g/mol. The van der Waals surface area contributed by atoms with E-state index >= 15 is 0 Å². The van der Waals surface area contributed by atoms with Crippen molar-refractivity contribution in [1.82, 2.24) is 5.32 Å². The zero-order chi connectivity index (χ0) is 20.2. The molecule has 0 radical (unpaired) electrons. The fraction of sp³-hybridized carbons (Fsp3) is 0.364. The third-order valence-electron chi connectivity index (χ3n) is 4.37. The molecule has 0 aliphatic rings. The minimum atomic E-state index is -1.49. The highest BCUT2D eigenvalue weighted by atomic mass is 32.2. The van der Waals surface area contributed by atoms with Crippen LogP contribution < -0.4 is 5.32 Å². The monoisotopic (exact) mass is 385 g/mol. The van der Waals surface area contributed by atoms with Crippen LogP contribution in [0.25, 0.3) is 0 Å². The summed E-state index contributed by atoms with van der Waals surface area (Å²) < 4.78 is 12.9. The van der Waals surface area contributed by atoms with Gasteiger partial charge in [0.2, 0.25) is 5.91 Å². The summed E-state index contributed by atoms with van der Waals surface area (Å²) in [6, 6.07) is 14.3. The topological polar surface area (TPSA) is 63.2 Å². The van der Waals surface area contributed by atoms with Gasteiger partial charge in [0.05, 0.1) is 22.6 Å². The van der Waals surface area contributed by atoms with Crippen LogP contribution in [0.15, 0.2) is 53.4 Å². The van der Waals surface area contributed by atoms with E-state index in [1.807, 2.05) is 58.9 Å². The van der Waals surface area contributed by atoms with Crippen molar-refractivity contribution in [2.24, 2.45) is 5.41 Å². The Hall–Kier alpha value is -2.27. The fourth-order valence-corrected chi connectivity index (χ4v) is 3.98. The molecule has 4 nitrogen and oxygen atoms in total. The summed E-state index contributed by atoms with van der Waals surface area (Å²) in [5.41, 5.74) is 1.73. The predicted octanol–water partition coefficient (Wildman–Crippen LogP) is 4.21. The standard InChI is InChI=1S/C22H27NO3S/c1-15-10-6-7-11-17(15)19(24)14-27(26)20-13-9-8-12-18(20)16(2)23-21(25)22(3,4)5/h6-13,16H,14H2,1-5H3,(H,23,25)/t16-,27+/m1/s1. The van der Waals surface area contributed by atoms with E-state index in [2.05, 4.69) is 5.32 Å². The zero-order valence-electron chi connectivity index (χ0n) is 16.5. The van der Waals surface area contributed by atoms with Gasteiger partial charge in [-0.2, -0.15) is 0 Å². The van der Waals surface area contributed by atoms with Crippen molar-refractivity contribution in [3.8, 4) is 0 Å². The molecule has 0 saturated heterocycles.